The van der Waals surface area contributed by atoms with Crippen molar-refractivity contribution in [1.29, 1.82) is 0 Å². The Morgan fingerprint density at radius 3 is 2.56 bits per heavy atom. The van der Waals surface area contributed by atoms with Crippen molar-refractivity contribution in [1.82, 2.24) is 0 Å². The highest BCUT2D eigenvalue weighted by Gasteiger charge is 2.23. The fraction of sp³-hybridized carbons (Fsp3) is 0.538. The molecule has 0 aromatic heterocycles. The molecular weight excluding hydrogens is 222 g/mol. The molecule has 0 bridgehead atoms. The monoisotopic (exact) mass is 241 g/mol. The molecule has 90 valence electrons. The summed E-state index contributed by atoms with van der Waals surface area (Å²) in [5.74, 6) is 0. The molecule has 2 nitrogen and oxygen atoms in total. The van der Waals surface area contributed by atoms with Gasteiger partial charge in [0.2, 0.25) is 0 Å². The largest absolute Gasteiger partial charge is 0.379 e. The van der Waals surface area contributed by atoms with Gasteiger partial charge in [-0.15, -0.1) is 0 Å². The maximum atomic E-state index is 6.26. The van der Waals surface area contributed by atoms with Gasteiger partial charge >= 0.3 is 0 Å². The lowest BCUT2D eigenvalue weighted by atomic mass is 9.90. The van der Waals surface area contributed by atoms with E-state index in [1.807, 2.05) is 45.0 Å². The van der Waals surface area contributed by atoms with E-state index < -0.39 is 5.54 Å². The number of benzene rings is 1. The van der Waals surface area contributed by atoms with Crippen molar-refractivity contribution in [3.05, 3.63) is 34.9 Å². The zero-order chi connectivity index (χ0) is 12.2. The van der Waals surface area contributed by atoms with E-state index in [2.05, 4.69) is 0 Å². The van der Waals surface area contributed by atoms with Crippen molar-refractivity contribution in [2.24, 2.45) is 5.73 Å². The average Bonchev–Trinajstić information content (AvgIpc) is 2.17. The van der Waals surface area contributed by atoms with Crippen LogP contribution in [-0.4, -0.2) is 12.7 Å². The third-order valence-corrected chi connectivity index (χ3v) is 2.89. The molecule has 0 aliphatic carbocycles. The molecule has 1 aromatic rings. The molecule has 0 amide bonds. The Morgan fingerprint density at radius 1 is 1.38 bits per heavy atom. The van der Waals surface area contributed by atoms with Crippen LogP contribution in [0.5, 0.6) is 0 Å². The van der Waals surface area contributed by atoms with Gasteiger partial charge in [0.05, 0.1) is 6.10 Å². The fourth-order valence-corrected chi connectivity index (χ4v) is 1.92. The minimum atomic E-state index is -0.437. The average molecular weight is 242 g/mol. The summed E-state index contributed by atoms with van der Waals surface area (Å²) < 4.78 is 5.52. The standard InChI is InChI=1S/C13H20ClNO/c1-10(2)16-9-8-13(3,15)11-6-4-5-7-12(11)14/h4-7,10H,8-9,15H2,1-3H3. The Bertz CT molecular complexity index is 336. The molecule has 0 radical (unpaired) electrons. The second-order valence-electron chi connectivity index (χ2n) is 4.57. The van der Waals surface area contributed by atoms with E-state index in [1.165, 1.54) is 0 Å². The first-order valence-electron chi connectivity index (χ1n) is 5.59. The van der Waals surface area contributed by atoms with Gasteiger partial charge in [-0.3, -0.25) is 0 Å². The smallest absolute Gasteiger partial charge is 0.0518 e. The molecule has 0 saturated carbocycles. The van der Waals surface area contributed by atoms with Crippen LogP contribution in [0.15, 0.2) is 24.3 Å². The van der Waals surface area contributed by atoms with Crippen molar-refractivity contribution >= 4 is 11.6 Å². The Labute approximate surface area is 103 Å². The Morgan fingerprint density at radius 2 is 2.00 bits per heavy atom. The maximum absolute atomic E-state index is 6.26. The first-order chi connectivity index (χ1) is 7.43. The van der Waals surface area contributed by atoms with Crippen molar-refractivity contribution in [3.8, 4) is 0 Å². The van der Waals surface area contributed by atoms with Gasteiger partial charge in [0.15, 0.2) is 0 Å². The Balaban J connectivity index is 2.66. The molecule has 16 heavy (non-hydrogen) atoms. The normalized spacial score (nSPS) is 15.1. The van der Waals surface area contributed by atoms with E-state index in [0.29, 0.717) is 6.61 Å². The molecule has 0 aliphatic heterocycles. The van der Waals surface area contributed by atoms with Crippen LogP contribution in [-0.2, 0) is 10.3 Å². The third-order valence-electron chi connectivity index (χ3n) is 2.56. The summed E-state index contributed by atoms with van der Waals surface area (Å²) in [5.41, 5.74) is 6.80. The van der Waals surface area contributed by atoms with Crippen LogP contribution in [0, 0.1) is 0 Å². The molecule has 2 N–H and O–H groups in total. The SMILES string of the molecule is CC(C)OCCC(C)(N)c1ccccc1Cl. The van der Waals surface area contributed by atoms with Gasteiger partial charge in [0.25, 0.3) is 0 Å². The van der Waals surface area contributed by atoms with E-state index in [9.17, 15) is 0 Å². The van der Waals surface area contributed by atoms with Crippen molar-refractivity contribution in [2.45, 2.75) is 38.8 Å². The topological polar surface area (TPSA) is 35.2 Å². The number of hydrogen-bond donors (Lipinski definition) is 1. The van der Waals surface area contributed by atoms with E-state index in [4.69, 9.17) is 22.1 Å². The molecule has 0 fully saturated rings. The van der Waals surface area contributed by atoms with Gasteiger partial charge in [-0.2, -0.15) is 0 Å². The Kier molecular flexibility index (Phi) is 4.78. The number of nitrogens with two attached hydrogens (primary N) is 1. The van der Waals surface area contributed by atoms with Crippen molar-refractivity contribution in [3.63, 3.8) is 0 Å². The van der Waals surface area contributed by atoms with Gasteiger partial charge in [-0.05, 0) is 38.8 Å². The van der Waals surface area contributed by atoms with Gasteiger partial charge < -0.3 is 10.5 Å². The van der Waals surface area contributed by atoms with Gasteiger partial charge in [0, 0.05) is 17.2 Å². The molecule has 1 aromatic carbocycles. The van der Waals surface area contributed by atoms with Crippen LogP contribution in [0.3, 0.4) is 0 Å². The van der Waals surface area contributed by atoms with Crippen LogP contribution >= 0.6 is 11.6 Å². The van der Waals surface area contributed by atoms with Crippen LogP contribution in [0.25, 0.3) is 0 Å². The molecule has 1 rings (SSSR count). The van der Waals surface area contributed by atoms with Crippen LogP contribution < -0.4 is 5.73 Å². The lowest BCUT2D eigenvalue weighted by Gasteiger charge is -2.26. The number of halogens is 1. The van der Waals surface area contributed by atoms with Gasteiger partial charge in [0.1, 0.15) is 0 Å². The number of rotatable bonds is 5. The fourth-order valence-electron chi connectivity index (χ4n) is 1.57. The summed E-state index contributed by atoms with van der Waals surface area (Å²) in [4.78, 5) is 0. The molecule has 0 aliphatic rings. The summed E-state index contributed by atoms with van der Waals surface area (Å²) in [6.07, 6.45) is 0.997. The summed E-state index contributed by atoms with van der Waals surface area (Å²) >= 11 is 6.13. The minimum Gasteiger partial charge on any atom is -0.379 e. The van der Waals surface area contributed by atoms with Crippen LogP contribution in [0.1, 0.15) is 32.8 Å². The number of ether oxygens (including phenoxy) is 1. The minimum absolute atomic E-state index is 0.238. The van der Waals surface area contributed by atoms with Crippen LogP contribution in [0.4, 0.5) is 0 Å². The molecule has 1 atom stereocenters. The third kappa shape index (κ3) is 3.78. The summed E-state index contributed by atoms with van der Waals surface area (Å²) in [6.45, 7) is 6.67. The van der Waals surface area contributed by atoms with Gasteiger partial charge in [-0.1, -0.05) is 29.8 Å². The second kappa shape index (κ2) is 5.67. The zero-order valence-corrected chi connectivity index (χ0v) is 10.9. The first-order valence-corrected chi connectivity index (χ1v) is 5.97. The van der Waals surface area contributed by atoms with Gasteiger partial charge in [-0.25, -0.2) is 0 Å². The van der Waals surface area contributed by atoms with E-state index in [-0.39, 0.29) is 6.10 Å². The van der Waals surface area contributed by atoms with Crippen molar-refractivity contribution in [2.75, 3.05) is 6.61 Å². The molecule has 3 heteroatoms. The first kappa shape index (κ1) is 13.5. The van der Waals surface area contributed by atoms with E-state index in [0.717, 1.165) is 17.0 Å². The second-order valence-corrected chi connectivity index (χ2v) is 4.97. The van der Waals surface area contributed by atoms with Crippen LogP contribution in [0.2, 0.25) is 5.02 Å². The maximum Gasteiger partial charge on any atom is 0.0518 e. The lowest BCUT2D eigenvalue weighted by molar-refractivity contribution is 0.0661. The predicted molar refractivity (Wildman–Crippen MR) is 68.7 cm³/mol. The van der Waals surface area contributed by atoms with E-state index >= 15 is 0 Å². The highest BCUT2D eigenvalue weighted by molar-refractivity contribution is 6.31. The predicted octanol–water partition coefficient (Wildman–Crippen LogP) is 3.33. The zero-order valence-electron chi connectivity index (χ0n) is 10.2. The highest BCUT2D eigenvalue weighted by Crippen LogP contribution is 2.28. The van der Waals surface area contributed by atoms with E-state index in [1.54, 1.807) is 0 Å². The molecular formula is C13H20ClNO. The molecule has 0 heterocycles. The quantitative estimate of drug-likeness (QED) is 0.858. The summed E-state index contributed by atoms with van der Waals surface area (Å²) in [6, 6.07) is 7.70. The highest BCUT2D eigenvalue weighted by atomic mass is 35.5. The summed E-state index contributed by atoms with van der Waals surface area (Å²) in [7, 11) is 0. The molecule has 1 unspecified atom stereocenters. The number of hydrogen-bond acceptors (Lipinski definition) is 2. The Hall–Kier alpha value is -0.570. The lowest BCUT2D eigenvalue weighted by Crippen LogP contribution is -2.35. The van der Waals surface area contributed by atoms with Crippen molar-refractivity contribution < 1.29 is 4.74 Å². The summed E-state index contributed by atoms with van der Waals surface area (Å²) in [5, 5.41) is 0.719. The molecule has 0 saturated heterocycles. The molecule has 0 spiro atoms.